The number of carboxylic acid groups (broad SMARTS) is 1. The number of hydrogen-bond acceptors (Lipinski definition) is 7. The number of carbonyl (C=O) groups excluding carboxylic acids is 2. The van der Waals surface area contributed by atoms with Crippen molar-refractivity contribution in [3.8, 4) is 5.75 Å². The van der Waals surface area contributed by atoms with Gasteiger partial charge >= 0.3 is 12.1 Å². The molecule has 4 saturated heterocycles. The Morgan fingerprint density at radius 3 is 2.15 bits per heavy atom. The first-order chi connectivity index (χ1) is 25.2. The Labute approximate surface area is 305 Å². The van der Waals surface area contributed by atoms with Gasteiger partial charge in [-0.2, -0.15) is 13.2 Å². The fraction of sp³-hybridized carbons (Fsp3) is 0.605. The van der Waals surface area contributed by atoms with Crippen molar-refractivity contribution >= 4 is 23.5 Å². The molecule has 2 aromatic carbocycles. The van der Waals surface area contributed by atoms with Crippen molar-refractivity contribution in [2.45, 2.75) is 49.6 Å². The number of amides is 2. The summed E-state index contributed by atoms with van der Waals surface area (Å²) in [5, 5.41) is 9.52. The third kappa shape index (κ3) is 8.72. The van der Waals surface area contributed by atoms with E-state index in [1.165, 1.54) is 11.0 Å². The van der Waals surface area contributed by atoms with E-state index in [9.17, 15) is 41.4 Å². The molecule has 4 aliphatic heterocycles. The molecule has 15 heteroatoms. The van der Waals surface area contributed by atoms with Gasteiger partial charge in [0.2, 0.25) is 11.8 Å². The van der Waals surface area contributed by atoms with Crippen LogP contribution in [0.5, 0.6) is 5.75 Å². The fourth-order valence-corrected chi connectivity index (χ4v) is 8.52. The van der Waals surface area contributed by atoms with Crippen molar-refractivity contribution in [3.05, 3.63) is 59.2 Å². The molecular weight excluding hydrogens is 703 g/mol. The lowest BCUT2D eigenvalue weighted by atomic mass is 9.86. The Morgan fingerprint density at radius 2 is 1.55 bits per heavy atom. The van der Waals surface area contributed by atoms with E-state index in [4.69, 9.17) is 9.47 Å². The molecule has 0 radical (unpaired) electrons. The highest BCUT2D eigenvalue weighted by Crippen LogP contribution is 2.44. The van der Waals surface area contributed by atoms with Crippen LogP contribution >= 0.6 is 0 Å². The summed E-state index contributed by atoms with van der Waals surface area (Å²) in [5.41, 5.74) is 1.13. The number of likely N-dealkylation sites (tertiary alicyclic amines) is 3. The zero-order chi connectivity index (χ0) is 38.1. The van der Waals surface area contributed by atoms with Crippen molar-refractivity contribution in [2.24, 2.45) is 17.8 Å². The Kier molecular flexibility index (Phi) is 11.5. The summed E-state index contributed by atoms with van der Waals surface area (Å²) in [4.78, 5) is 46.4. The predicted octanol–water partition coefficient (Wildman–Crippen LogP) is 5.18. The van der Waals surface area contributed by atoms with Crippen LogP contribution in [0.4, 0.5) is 27.6 Å². The fourth-order valence-electron chi connectivity index (χ4n) is 8.52. The van der Waals surface area contributed by atoms with E-state index in [0.29, 0.717) is 42.9 Å². The molecule has 0 bridgehead atoms. The lowest BCUT2D eigenvalue weighted by Crippen LogP contribution is -2.46. The average molecular weight is 751 g/mol. The summed E-state index contributed by atoms with van der Waals surface area (Å²) in [7, 11) is 3.10. The highest BCUT2D eigenvalue weighted by Gasteiger charge is 2.46. The second kappa shape index (κ2) is 15.8. The minimum absolute atomic E-state index is 0.00951. The number of piperidine rings is 2. The number of hydrogen-bond donors (Lipinski definition) is 1. The van der Waals surface area contributed by atoms with Crippen LogP contribution in [0.25, 0.3) is 0 Å². The van der Waals surface area contributed by atoms with E-state index in [-0.39, 0.29) is 94.8 Å². The molecule has 0 spiro atoms. The van der Waals surface area contributed by atoms with Crippen LogP contribution < -0.4 is 9.64 Å². The smallest absolute Gasteiger partial charge is 0.416 e. The van der Waals surface area contributed by atoms with E-state index in [2.05, 4.69) is 0 Å². The summed E-state index contributed by atoms with van der Waals surface area (Å²) in [6.45, 7) is 1.99. The molecule has 4 atom stereocenters. The lowest BCUT2D eigenvalue weighted by molar-refractivity contribution is -0.142. The SMILES string of the molecule is COC[C@H]1CN(C(=O)C2CN(CC(=O)N3CCC(F)(F)CC3)C[C@H]2c2ccc(OC)cc2)C[C@@H]1c1ccc(C(F)(F)F)cc1N1CCC(C(=O)O)CC1. The van der Waals surface area contributed by atoms with Gasteiger partial charge in [0.25, 0.3) is 5.92 Å². The van der Waals surface area contributed by atoms with Crippen LogP contribution in [-0.4, -0.2) is 123 Å². The van der Waals surface area contributed by atoms with Crippen molar-refractivity contribution in [3.63, 3.8) is 0 Å². The molecule has 0 saturated carbocycles. The maximum absolute atomic E-state index is 14.6. The molecule has 4 aliphatic rings. The van der Waals surface area contributed by atoms with Crippen LogP contribution in [0, 0.1) is 17.8 Å². The maximum Gasteiger partial charge on any atom is 0.416 e. The molecule has 4 heterocycles. The third-order valence-electron chi connectivity index (χ3n) is 11.5. The summed E-state index contributed by atoms with van der Waals surface area (Å²) in [6, 6.07) is 11.1. The number of alkyl halides is 5. The van der Waals surface area contributed by atoms with Gasteiger partial charge in [0.15, 0.2) is 0 Å². The number of anilines is 1. The normalized spacial score (nSPS) is 25.5. The number of benzene rings is 2. The molecule has 6 rings (SSSR count). The monoisotopic (exact) mass is 750 g/mol. The Morgan fingerprint density at radius 1 is 0.868 bits per heavy atom. The number of aliphatic carboxylic acids is 1. The molecule has 1 unspecified atom stereocenters. The van der Waals surface area contributed by atoms with Gasteiger partial charge in [-0.1, -0.05) is 18.2 Å². The van der Waals surface area contributed by atoms with E-state index >= 15 is 0 Å². The van der Waals surface area contributed by atoms with Crippen molar-refractivity contribution in [1.82, 2.24) is 14.7 Å². The predicted molar refractivity (Wildman–Crippen MR) is 185 cm³/mol. The van der Waals surface area contributed by atoms with Gasteiger partial charge in [-0.3, -0.25) is 19.3 Å². The molecule has 2 aromatic rings. The van der Waals surface area contributed by atoms with Gasteiger partial charge in [-0.25, -0.2) is 8.78 Å². The number of carboxylic acids is 1. The minimum atomic E-state index is -4.58. The minimum Gasteiger partial charge on any atom is -0.497 e. The van der Waals surface area contributed by atoms with Crippen molar-refractivity contribution in [1.29, 1.82) is 0 Å². The van der Waals surface area contributed by atoms with Gasteiger partial charge < -0.3 is 29.3 Å². The number of methoxy groups -OCH3 is 2. The number of carbonyl (C=O) groups is 3. The Balaban J connectivity index is 1.25. The van der Waals surface area contributed by atoms with E-state index in [1.54, 1.807) is 19.1 Å². The summed E-state index contributed by atoms with van der Waals surface area (Å²) < 4.78 is 80.4. The topological polar surface area (TPSA) is 103 Å². The second-order valence-electron chi connectivity index (χ2n) is 14.9. The Bertz CT molecular complexity index is 1620. The van der Waals surface area contributed by atoms with E-state index < -0.39 is 35.5 Å². The molecule has 10 nitrogen and oxygen atoms in total. The molecule has 0 aliphatic carbocycles. The van der Waals surface area contributed by atoms with Gasteiger partial charge in [0.1, 0.15) is 5.75 Å². The molecule has 2 amide bonds. The zero-order valence-corrected chi connectivity index (χ0v) is 30.0. The molecular formula is C38H47F5N4O6. The van der Waals surface area contributed by atoms with Crippen molar-refractivity contribution < 1.29 is 50.9 Å². The first-order valence-electron chi connectivity index (χ1n) is 18.2. The van der Waals surface area contributed by atoms with Crippen molar-refractivity contribution in [2.75, 3.05) is 84.6 Å². The third-order valence-corrected chi connectivity index (χ3v) is 11.5. The summed E-state index contributed by atoms with van der Waals surface area (Å²) >= 11 is 0. The average Bonchev–Trinajstić information content (AvgIpc) is 3.75. The van der Waals surface area contributed by atoms with Crippen LogP contribution in [0.2, 0.25) is 0 Å². The quantitative estimate of drug-likeness (QED) is 0.332. The largest absolute Gasteiger partial charge is 0.497 e. The zero-order valence-electron chi connectivity index (χ0n) is 30.0. The van der Waals surface area contributed by atoms with Crippen LogP contribution in [0.15, 0.2) is 42.5 Å². The molecule has 1 N–H and O–H groups in total. The highest BCUT2D eigenvalue weighted by molar-refractivity contribution is 5.82. The number of nitrogens with zero attached hydrogens (tertiary/aromatic N) is 4. The lowest BCUT2D eigenvalue weighted by Gasteiger charge is -2.35. The second-order valence-corrected chi connectivity index (χ2v) is 14.9. The maximum atomic E-state index is 14.6. The highest BCUT2D eigenvalue weighted by atomic mass is 19.4. The van der Waals surface area contributed by atoms with Gasteiger partial charge in [-0.15, -0.1) is 0 Å². The molecule has 290 valence electrons. The molecule has 0 aromatic heterocycles. The van der Waals surface area contributed by atoms with Gasteiger partial charge in [0.05, 0.1) is 37.7 Å². The number of ether oxygens (including phenoxy) is 2. The first-order valence-corrected chi connectivity index (χ1v) is 18.2. The standard InChI is InChI=1S/C38H47F5N4O6/c1-52-23-26-18-47(21-31(26)29-8-5-27(38(41,42)43)17-33(29)45-13-9-25(10-14-45)36(50)51)35(49)32-20-44(19-30(32)24-3-6-28(53-2)7-4-24)22-34(48)46-15-11-37(39,40)12-16-46/h3-8,17,25-26,30-32H,9-16,18-23H2,1-2H3,(H,50,51)/t26-,30+,31+,32?/m1/s1. The number of halogens is 5. The van der Waals surface area contributed by atoms with E-state index in [1.807, 2.05) is 34.1 Å². The number of rotatable bonds is 10. The van der Waals surface area contributed by atoms with Crippen LogP contribution in [0.1, 0.15) is 54.2 Å². The van der Waals surface area contributed by atoms with Crippen LogP contribution in [-0.2, 0) is 25.3 Å². The van der Waals surface area contributed by atoms with Gasteiger partial charge in [0, 0.05) is 95.8 Å². The summed E-state index contributed by atoms with van der Waals surface area (Å²) in [6.07, 6.45) is -4.73. The van der Waals surface area contributed by atoms with Crippen LogP contribution in [0.3, 0.4) is 0 Å². The first kappa shape index (κ1) is 38.7. The molecule has 53 heavy (non-hydrogen) atoms. The molecule has 4 fully saturated rings. The van der Waals surface area contributed by atoms with Gasteiger partial charge in [-0.05, 0) is 48.2 Å². The Hall–Kier alpha value is -3.98. The summed E-state index contributed by atoms with van der Waals surface area (Å²) in [5.74, 6) is -5.44. The van der Waals surface area contributed by atoms with E-state index in [0.717, 1.165) is 17.7 Å².